The van der Waals surface area contributed by atoms with Crippen LogP contribution < -0.4 is 4.74 Å². The van der Waals surface area contributed by atoms with Gasteiger partial charge in [0.05, 0.1) is 6.61 Å². The first-order chi connectivity index (χ1) is 19.5. The van der Waals surface area contributed by atoms with Gasteiger partial charge in [-0.2, -0.15) is 4.39 Å². The van der Waals surface area contributed by atoms with Gasteiger partial charge in [0.2, 0.25) is 5.82 Å². The molecule has 0 aliphatic heterocycles. The van der Waals surface area contributed by atoms with E-state index in [1.165, 1.54) is 82.4 Å². The molecular weight excluding hydrogens is 512 g/mol. The minimum atomic E-state index is -1.21. The summed E-state index contributed by atoms with van der Waals surface area (Å²) in [6.07, 6.45) is 20.4. The van der Waals surface area contributed by atoms with Gasteiger partial charge in [-0.25, -0.2) is 13.2 Å². The van der Waals surface area contributed by atoms with Crippen molar-refractivity contribution in [2.75, 3.05) is 6.61 Å². The Kier molecular flexibility index (Phi) is 14.4. The van der Waals surface area contributed by atoms with Crippen molar-refractivity contribution in [2.24, 2.45) is 5.92 Å². The van der Waals surface area contributed by atoms with Gasteiger partial charge < -0.3 is 4.74 Å². The van der Waals surface area contributed by atoms with Crippen LogP contribution in [0.1, 0.15) is 141 Å². The molecule has 1 nitrogen and oxygen atoms in total. The molecule has 5 heteroatoms. The molecule has 1 fully saturated rings. The van der Waals surface area contributed by atoms with Crippen molar-refractivity contribution in [3.63, 3.8) is 0 Å². The molecule has 0 spiro atoms. The molecule has 2 aromatic rings. The van der Waals surface area contributed by atoms with Crippen molar-refractivity contribution in [2.45, 2.75) is 135 Å². The molecular formula is C35H50F4O. The number of halogens is 4. The zero-order chi connectivity index (χ0) is 28.7. The summed E-state index contributed by atoms with van der Waals surface area (Å²) in [7, 11) is 0. The van der Waals surface area contributed by atoms with Crippen LogP contribution in [0.3, 0.4) is 0 Å². The number of ether oxygens (including phenoxy) is 1. The average Bonchev–Trinajstić information content (AvgIpc) is 2.96. The van der Waals surface area contributed by atoms with Crippen LogP contribution in [0.15, 0.2) is 24.3 Å². The largest absolute Gasteiger partial charge is 0.490 e. The number of benzene rings is 2. The molecule has 0 amide bonds. The van der Waals surface area contributed by atoms with E-state index >= 15 is 8.78 Å². The fraction of sp³-hybridized carbons (Fsp3) is 0.657. The molecule has 1 aliphatic carbocycles. The monoisotopic (exact) mass is 562 g/mol. The highest BCUT2D eigenvalue weighted by molar-refractivity contribution is 5.66. The van der Waals surface area contributed by atoms with Gasteiger partial charge in [0.25, 0.3) is 0 Å². The second-order valence-corrected chi connectivity index (χ2v) is 11.8. The summed E-state index contributed by atoms with van der Waals surface area (Å²) in [4.78, 5) is 0. The molecule has 40 heavy (non-hydrogen) atoms. The van der Waals surface area contributed by atoms with Crippen molar-refractivity contribution >= 4 is 0 Å². The van der Waals surface area contributed by atoms with Gasteiger partial charge in [-0.3, -0.25) is 0 Å². The fourth-order valence-corrected chi connectivity index (χ4v) is 6.16. The minimum Gasteiger partial charge on any atom is -0.490 e. The number of unbranched alkanes of at least 4 members (excludes halogenated alkanes) is 11. The molecule has 1 aliphatic rings. The van der Waals surface area contributed by atoms with Crippen LogP contribution >= 0.6 is 0 Å². The predicted octanol–water partition coefficient (Wildman–Crippen LogP) is 12.1. The Bertz CT molecular complexity index is 1010. The van der Waals surface area contributed by atoms with Crippen molar-refractivity contribution in [3.05, 3.63) is 53.1 Å². The first-order valence-electron chi connectivity index (χ1n) is 16.1. The maximum absolute atomic E-state index is 15.2. The molecule has 0 aromatic heterocycles. The first kappa shape index (κ1) is 32.5. The highest BCUT2D eigenvalue weighted by Crippen LogP contribution is 2.41. The third kappa shape index (κ3) is 9.52. The molecule has 0 heterocycles. The maximum Gasteiger partial charge on any atom is 0.201 e. The smallest absolute Gasteiger partial charge is 0.201 e. The Hall–Kier alpha value is -2.04. The highest BCUT2D eigenvalue weighted by atomic mass is 19.2. The molecule has 1 saturated carbocycles. The van der Waals surface area contributed by atoms with E-state index in [2.05, 4.69) is 13.8 Å². The minimum absolute atomic E-state index is 0.0341. The highest BCUT2D eigenvalue weighted by Gasteiger charge is 2.27. The lowest BCUT2D eigenvalue weighted by Crippen LogP contribution is -2.15. The van der Waals surface area contributed by atoms with E-state index in [4.69, 9.17) is 4.74 Å². The number of hydrogen-bond acceptors (Lipinski definition) is 1. The maximum atomic E-state index is 15.2. The Labute approximate surface area is 240 Å². The van der Waals surface area contributed by atoms with Crippen LogP contribution in [0.5, 0.6) is 5.75 Å². The van der Waals surface area contributed by atoms with E-state index in [1.54, 1.807) is 6.07 Å². The van der Waals surface area contributed by atoms with Gasteiger partial charge in [-0.15, -0.1) is 0 Å². The molecule has 0 atom stereocenters. The van der Waals surface area contributed by atoms with Crippen LogP contribution in [-0.4, -0.2) is 6.61 Å². The predicted molar refractivity (Wildman–Crippen MR) is 158 cm³/mol. The third-order valence-corrected chi connectivity index (χ3v) is 8.71. The zero-order valence-electron chi connectivity index (χ0n) is 24.8. The summed E-state index contributed by atoms with van der Waals surface area (Å²) < 4.78 is 65.5. The van der Waals surface area contributed by atoms with Crippen LogP contribution in [0.25, 0.3) is 11.1 Å². The molecule has 2 aromatic carbocycles. The molecule has 0 bridgehead atoms. The van der Waals surface area contributed by atoms with Crippen LogP contribution in [-0.2, 0) is 0 Å². The third-order valence-electron chi connectivity index (χ3n) is 8.71. The van der Waals surface area contributed by atoms with Gasteiger partial charge in [0, 0.05) is 11.1 Å². The van der Waals surface area contributed by atoms with Crippen molar-refractivity contribution in [3.8, 4) is 16.9 Å². The van der Waals surface area contributed by atoms with Gasteiger partial charge in [-0.05, 0) is 61.6 Å². The molecule has 0 saturated heterocycles. The zero-order valence-corrected chi connectivity index (χ0v) is 24.8. The summed E-state index contributed by atoms with van der Waals surface area (Å²) >= 11 is 0. The molecule has 0 unspecified atom stereocenters. The topological polar surface area (TPSA) is 9.23 Å². The summed E-state index contributed by atoms with van der Waals surface area (Å²) in [6, 6.07) is 5.55. The van der Waals surface area contributed by atoms with E-state index in [1.807, 2.05) is 0 Å². The van der Waals surface area contributed by atoms with Crippen LogP contribution in [0.2, 0.25) is 0 Å². The van der Waals surface area contributed by atoms with Crippen molar-refractivity contribution in [1.29, 1.82) is 0 Å². The van der Waals surface area contributed by atoms with Crippen LogP contribution in [0.4, 0.5) is 17.6 Å². The second-order valence-electron chi connectivity index (χ2n) is 11.8. The SMILES string of the molecule is CCCCCCCCCC1CCC(c2ccc(-c3ccc(OCCCCCCCC)c(F)c3F)c(F)c2F)CC1. The molecule has 224 valence electrons. The summed E-state index contributed by atoms with van der Waals surface area (Å²) in [5, 5.41) is 0. The quantitative estimate of drug-likeness (QED) is 0.130. The number of hydrogen-bond donors (Lipinski definition) is 0. The van der Waals surface area contributed by atoms with E-state index < -0.39 is 23.3 Å². The Morgan fingerprint density at radius 1 is 0.575 bits per heavy atom. The van der Waals surface area contributed by atoms with Gasteiger partial charge in [0.1, 0.15) is 0 Å². The van der Waals surface area contributed by atoms with Gasteiger partial charge in [-0.1, -0.05) is 109 Å². The fourth-order valence-electron chi connectivity index (χ4n) is 6.16. The van der Waals surface area contributed by atoms with Crippen molar-refractivity contribution < 1.29 is 22.3 Å². The normalized spacial score (nSPS) is 17.4. The number of rotatable bonds is 18. The van der Waals surface area contributed by atoms with Crippen LogP contribution in [0, 0.1) is 29.2 Å². The first-order valence-corrected chi connectivity index (χ1v) is 16.1. The Balaban J connectivity index is 1.53. The average molecular weight is 563 g/mol. The Morgan fingerprint density at radius 3 is 1.73 bits per heavy atom. The lowest BCUT2D eigenvalue weighted by atomic mass is 9.76. The lowest BCUT2D eigenvalue weighted by Gasteiger charge is -2.29. The molecule has 0 N–H and O–H groups in total. The van der Waals surface area contributed by atoms with E-state index in [0.29, 0.717) is 18.1 Å². The van der Waals surface area contributed by atoms with E-state index in [-0.39, 0.29) is 22.8 Å². The standard InChI is InChI=1S/C35H50F4O/c1-3-5-7-9-11-12-14-16-26-17-19-27(20-18-26)28-21-22-29(33(37)32(28)36)30-23-24-31(35(39)34(30)38)40-25-15-13-10-8-6-4-2/h21-24,26-27H,3-20,25H2,1-2H3. The van der Waals surface area contributed by atoms with Gasteiger partial charge in [0.15, 0.2) is 23.2 Å². The van der Waals surface area contributed by atoms with E-state index in [0.717, 1.165) is 51.4 Å². The molecule has 0 radical (unpaired) electrons. The lowest BCUT2D eigenvalue weighted by molar-refractivity contribution is 0.285. The second kappa shape index (κ2) is 17.7. The summed E-state index contributed by atoms with van der Waals surface area (Å²) in [6.45, 7) is 4.68. The molecule has 3 rings (SSSR count). The Morgan fingerprint density at radius 2 is 1.10 bits per heavy atom. The van der Waals surface area contributed by atoms with Gasteiger partial charge >= 0.3 is 0 Å². The van der Waals surface area contributed by atoms with E-state index in [9.17, 15) is 8.78 Å². The van der Waals surface area contributed by atoms with Crippen molar-refractivity contribution in [1.82, 2.24) is 0 Å². The summed E-state index contributed by atoms with van der Waals surface area (Å²) in [5.74, 6) is -3.98. The summed E-state index contributed by atoms with van der Waals surface area (Å²) in [5.41, 5.74) is -0.186.